The number of hydrogen-bond donors (Lipinski definition) is 1. The summed E-state index contributed by atoms with van der Waals surface area (Å²) in [4.78, 5) is 24.9. The number of carbonyl (C=O) groups is 2. The molecule has 1 saturated carbocycles. The quantitative estimate of drug-likeness (QED) is 0.922. The van der Waals surface area contributed by atoms with Crippen molar-refractivity contribution >= 4 is 11.9 Å². The molecule has 1 aromatic heterocycles. The molecule has 0 atom stereocenters. The summed E-state index contributed by atoms with van der Waals surface area (Å²) < 4.78 is 18.3. The summed E-state index contributed by atoms with van der Waals surface area (Å²) in [6.07, 6.45) is 2.81. The lowest BCUT2D eigenvalue weighted by molar-refractivity contribution is 0.0688. The van der Waals surface area contributed by atoms with Gasteiger partial charge in [0.25, 0.3) is 5.91 Å². The molecule has 1 aliphatic rings. The van der Waals surface area contributed by atoms with Crippen LogP contribution in [0.3, 0.4) is 0 Å². The Morgan fingerprint density at radius 1 is 1.32 bits per heavy atom. The molecule has 114 valence electrons. The maximum absolute atomic E-state index is 13.3. The van der Waals surface area contributed by atoms with Crippen LogP contribution in [0.1, 0.15) is 39.3 Å². The van der Waals surface area contributed by atoms with E-state index in [0.717, 1.165) is 19.1 Å². The number of carboxylic acid groups (broad SMARTS) is 1. The van der Waals surface area contributed by atoms with Crippen LogP contribution >= 0.6 is 0 Å². The van der Waals surface area contributed by atoms with Gasteiger partial charge >= 0.3 is 5.97 Å². The first-order valence-electron chi connectivity index (χ1n) is 6.92. The van der Waals surface area contributed by atoms with Crippen LogP contribution in [0.4, 0.5) is 4.39 Å². The number of rotatable bonds is 5. The van der Waals surface area contributed by atoms with Crippen LogP contribution in [-0.2, 0) is 6.54 Å². The first-order valence-corrected chi connectivity index (χ1v) is 6.92. The van der Waals surface area contributed by atoms with Gasteiger partial charge in [-0.3, -0.25) is 4.79 Å². The number of nitrogens with zero attached hydrogens (tertiary/aromatic N) is 1. The predicted molar refractivity (Wildman–Crippen MR) is 75.0 cm³/mol. The summed E-state index contributed by atoms with van der Waals surface area (Å²) >= 11 is 0. The van der Waals surface area contributed by atoms with Gasteiger partial charge in [-0.05, 0) is 30.5 Å². The fraction of sp³-hybridized carbons (Fsp3) is 0.250. The molecule has 1 aromatic carbocycles. The van der Waals surface area contributed by atoms with E-state index < -0.39 is 5.97 Å². The SMILES string of the molecule is O=C(O)c1coc(C(=O)N(Cc2cccc(F)c2)C2CC2)c1. The minimum atomic E-state index is -1.15. The van der Waals surface area contributed by atoms with Gasteiger partial charge in [0.15, 0.2) is 5.76 Å². The lowest BCUT2D eigenvalue weighted by Crippen LogP contribution is -2.32. The van der Waals surface area contributed by atoms with Crippen LogP contribution in [0.25, 0.3) is 0 Å². The number of carboxylic acids is 1. The van der Waals surface area contributed by atoms with Crippen molar-refractivity contribution in [1.82, 2.24) is 4.90 Å². The smallest absolute Gasteiger partial charge is 0.338 e. The van der Waals surface area contributed by atoms with Crippen molar-refractivity contribution in [2.75, 3.05) is 0 Å². The summed E-state index contributed by atoms with van der Waals surface area (Å²) in [7, 11) is 0. The Morgan fingerprint density at radius 3 is 2.68 bits per heavy atom. The second kappa shape index (κ2) is 5.63. The standard InChI is InChI=1S/C16H14FNO4/c17-12-3-1-2-10(6-12)8-18(13-4-5-13)15(19)14-7-11(9-22-14)16(20)21/h1-3,6-7,9,13H,4-5,8H2,(H,20,21). The van der Waals surface area contributed by atoms with E-state index in [9.17, 15) is 14.0 Å². The Morgan fingerprint density at radius 2 is 2.09 bits per heavy atom. The lowest BCUT2D eigenvalue weighted by atomic mass is 10.2. The van der Waals surface area contributed by atoms with Gasteiger partial charge < -0.3 is 14.4 Å². The maximum atomic E-state index is 13.3. The number of furan rings is 1. The normalized spacial score (nSPS) is 13.9. The van der Waals surface area contributed by atoms with Crippen LogP contribution in [0.5, 0.6) is 0 Å². The lowest BCUT2D eigenvalue weighted by Gasteiger charge is -2.21. The molecule has 0 bridgehead atoms. The van der Waals surface area contributed by atoms with Gasteiger partial charge in [0.05, 0.1) is 5.56 Å². The highest BCUT2D eigenvalue weighted by Crippen LogP contribution is 2.30. The summed E-state index contributed by atoms with van der Waals surface area (Å²) in [5.41, 5.74) is 0.620. The van der Waals surface area contributed by atoms with Crippen LogP contribution in [0.2, 0.25) is 0 Å². The van der Waals surface area contributed by atoms with Gasteiger partial charge in [0.1, 0.15) is 12.1 Å². The van der Waals surface area contributed by atoms with Crippen molar-refractivity contribution in [2.45, 2.75) is 25.4 Å². The van der Waals surface area contributed by atoms with E-state index in [4.69, 9.17) is 9.52 Å². The zero-order valence-electron chi connectivity index (χ0n) is 11.7. The molecule has 1 fully saturated rings. The van der Waals surface area contributed by atoms with E-state index in [0.29, 0.717) is 5.56 Å². The van der Waals surface area contributed by atoms with Crippen molar-refractivity contribution in [3.63, 3.8) is 0 Å². The van der Waals surface area contributed by atoms with Gasteiger partial charge in [-0.2, -0.15) is 0 Å². The molecule has 0 spiro atoms. The molecule has 3 rings (SSSR count). The molecule has 1 aliphatic carbocycles. The Labute approximate surface area is 126 Å². The van der Waals surface area contributed by atoms with Gasteiger partial charge in [0, 0.05) is 18.7 Å². The summed E-state index contributed by atoms with van der Waals surface area (Å²) in [6, 6.07) is 7.37. The predicted octanol–water partition coefficient (Wildman–Crippen LogP) is 2.92. The van der Waals surface area contributed by atoms with Crippen LogP contribution < -0.4 is 0 Å². The highest BCUT2D eigenvalue weighted by atomic mass is 19.1. The van der Waals surface area contributed by atoms with Crippen molar-refractivity contribution in [3.05, 3.63) is 59.3 Å². The van der Waals surface area contributed by atoms with Crippen LogP contribution in [0.15, 0.2) is 41.0 Å². The molecule has 0 radical (unpaired) electrons. The molecule has 0 unspecified atom stereocenters. The molecule has 0 saturated heterocycles. The number of amides is 1. The summed E-state index contributed by atoms with van der Waals surface area (Å²) in [5.74, 6) is -1.89. The van der Waals surface area contributed by atoms with Gasteiger partial charge in [0.2, 0.25) is 0 Å². The van der Waals surface area contributed by atoms with E-state index in [2.05, 4.69) is 0 Å². The Balaban J connectivity index is 1.81. The minimum Gasteiger partial charge on any atom is -0.478 e. The van der Waals surface area contributed by atoms with Crippen molar-refractivity contribution in [2.24, 2.45) is 0 Å². The second-order valence-corrected chi connectivity index (χ2v) is 5.30. The maximum Gasteiger partial charge on any atom is 0.338 e. The Hall–Kier alpha value is -2.63. The summed E-state index contributed by atoms with van der Waals surface area (Å²) in [5, 5.41) is 8.88. The molecular formula is C16H14FNO4. The van der Waals surface area contributed by atoms with Crippen molar-refractivity contribution in [1.29, 1.82) is 0 Å². The van der Waals surface area contributed by atoms with Gasteiger partial charge in [-0.1, -0.05) is 12.1 Å². The topological polar surface area (TPSA) is 70.7 Å². The van der Waals surface area contributed by atoms with Gasteiger partial charge in [-0.15, -0.1) is 0 Å². The van der Waals surface area contributed by atoms with Crippen molar-refractivity contribution in [3.8, 4) is 0 Å². The Kier molecular flexibility index (Phi) is 3.66. The highest BCUT2D eigenvalue weighted by Gasteiger charge is 2.34. The van der Waals surface area contributed by atoms with E-state index >= 15 is 0 Å². The van der Waals surface area contributed by atoms with E-state index in [1.165, 1.54) is 18.2 Å². The number of hydrogen-bond acceptors (Lipinski definition) is 3. The molecular weight excluding hydrogens is 289 g/mol. The third-order valence-corrected chi connectivity index (χ3v) is 3.55. The molecule has 1 N–H and O–H groups in total. The van der Waals surface area contributed by atoms with Gasteiger partial charge in [-0.25, -0.2) is 9.18 Å². The first-order chi connectivity index (χ1) is 10.5. The first kappa shape index (κ1) is 14.3. The average molecular weight is 303 g/mol. The number of carbonyl (C=O) groups excluding carboxylic acids is 1. The monoisotopic (exact) mass is 303 g/mol. The number of benzene rings is 1. The largest absolute Gasteiger partial charge is 0.478 e. The molecule has 1 heterocycles. The zero-order chi connectivity index (χ0) is 15.7. The summed E-state index contributed by atoms with van der Waals surface area (Å²) in [6.45, 7) is 0.268. The van der Waals surface area contributed by atoms with Crippen LogP contribution in [-0.4, -0.2) is 27.9 Å². The second-order valence-electron chi connectivity index (χ2n) is 5.30. The van der Waals surface area contributed by atoms with Crippen LogP contribution in [0, 0.1) is 5.82 Å². The molecule has 5 nitrogen and oxygen atoms in total. The minimum absolute atomic E-state index is 0.0132. The average Bonchev–Trinajstić information content (AvgIpc) is 3.19. The number of aromatic carboxylic acids is 1. The fourth-order valence-electron chi connectivity index (χ4n) is 2.29. The third-order valence-electron chi connectivity index (χ3n) is 3.55. The van der Waals surface area contributed by atoms with E-state index in [1.807, 2.05) is 0 Å². The fourth-order valence-corrected chi connectivity index (χ4v) is 2.29. The van der Waals surface area contributed by atoms with E-state index in [-0.39, 0.29) is 35.6 Å². The molecule has 2 aromatic rings. The Bertz CT molecular complexity index is 720. The molecule has 0 aliphatic heterocycles. The zero-order valence-corrected chi connectivity index (χ0v) is 11.7. The third kappa shape index (κ3) is 3.00. The molecule has 1 amide bonds. The van der Waals surface area contributed by atoms with E-state index in [1.54, 1.807) is 17.0 Å². The van der Waals surface area contributed by atoms with Crippen molar-refractivity contribution < 1.29 is 23.5 Å². The highest BCUT2D eigenvalue weighted by molar-refractivity contribution is 5.95. The molecule has 6 heteroatoms. The molecule has 22 heavy (non-hydrogen) atoms. The number of halogens is 1.